The summed E-state index contributed by atoms with van der Waals surface area (Å²) < 4.78 is 36.5. The number of hydrogen-bond acceptors (Lipinski definition) is 4. The number of methoxy groups -OCH3 is 1. The van der Waals surface area contributed by atoms with E-state index in [9.17, 15) is 18.8 Å². The van der Waals surface area contributed by atoms with Crippen LogP contribution in [-0.2, 0) is 14.9 Å². The van der Waals surface area contributed by atoms with E-state index < -0.39 is 30.0 Å². The predicted molar refractivity (Wildman–Crippen MR) is 76.4 cm³/mol. The van der Waals surface area contributed by atoms with Crippen molar-refractivity contribution in [1.82, 2.24) is 0 Å². The van der Waals surface area contributed by atoms with Crippen LogP contribution in [0.5, 0.6) is 5.75 Å². The van der Waals surface area contributed by atoms with Crippen LogP contribution >= 0.6 is 0 Å². The molecule has 0 bridgehead atoms. The molecule has 1 rings (SSSR count). The van der Waals surface area contributed by atoms with Crippen molar-refractivity contribution in [3.8, 4) is 11.8 Å². The Morgan fingerprint density at radius 3 is 2.73 bits per heavy atom. The zero-order valence-electron chi connectivity index (χ0n) is 12.9. The normalized spacial score (nSPS) is 14.5. The number of halogens is 2. The fourth-order valence-electron chi connectivity index (χ4n) is 2.07. The molecule has 0 aliphatic heterocycles. The van der Waals surface area contributed by atoms with Crippen molar-refractivity contribution in [1.29, 1.82) is 5.26 Å². The minimum absolute atomic E-state index is 0.0955. The molecule has 0 fully saturated rings. The van der Waals surface area contributed by atoms with Gasteiger partial charge in [0.1, 0.15) is 11.6 Å². The maximum atomic E-state index is 13.5. The van der Waals surface area contributed by atoms with E-state index in [4.69, 9.17) is 4.74 Å². The van der Waals surface area contributed by atoms with Crippen molar-refractivity contribution in [2.75, 3.05) is 7.11 Å². The smallest absolute Gasteiger partial charge is 0.310 e. The lowest BCUT2D eigenvalue weighted by molar-refractivity contribution is -0.159. The maximum Gasteiger partial charge on any atom is 0.310 e. The third-order valence-corrected chi connectivity index (χ3v) is 3.28. The highest BCUT2D eigenvalue weighted by atomic mass is 19.1. The molecule has 0 aliphatic carbocycles. The van der Waals surface area contributed by atoms with Gasteiger partial charge in [0, 0.05) is 12.0 Å². The number of nitrogens with zero attached hydrogens (tertiary/aromatic N) is 1. The van der Waals surface area contributed by atoms with Crippen LogP contribution in [0.2, 0.25) is 0 Å². The summed E-state index contributed by atoms with van der Waals surface area (Å²) in [6, 6.07) is 5.66. The van der Waals surface area contributed by atoms with Crippen LogP contribution in [0.15, 0.2) is 18.2 Å². The molecule has 0 aliphatic rings. The molecule has 0 saturated heterocycles. The Hall–Kier alpha value is -2.16. The van der Waals surface area contributed by atoms with Crippen LogP contribution in [-0.4, -0.2) is 19.4 Å². The first-order valence-electron chi connectivity index (χ1n) is 6.95. The van der Waals surface area contributed by atoms with E-state index >= 15 is 0 Å². The maximum absolute atomic E-state index is 13.5. The van der Waals surface area contributed by atoms with Gasteiger partial charge in [-0.05, 0) is 31.5 Å². The number of hydrogen-bond donors (Lipinski definition) is 0. The molecule has 0 heterocycles. The quantitative estimate of drug-likeness (QED) is 0.721. The molecule has 6 heteroatoms. The highest BCUT2D eigenvalue weighted by molar-refractivity contribution is 5.73. The lowest BCUT2D eigenvalue weighted by Gasteiger charge is -2.23. The Balaban J connectivity index is 3.00. The van der Waals surface area contributed by atoms with Crippen LogP contribution in [0, 0.1) is 17.1 Å². The number of benzene rings is 1. The van der Waals surface area contributed by atoms with Gasteiger partial charge in [-0.2, -0.15) is 5.26 Å². The third kappa shape index (κ3) is 4.42. The van der Waals surface area contributed by atoms with Gasteiger partial charge in [0.2, 0.25) is 6.36 Å². The second-order valence-electron chi connectivity index (χ2n) is 5.15. The van der Waals surface area contributed by atoms with Gasteiger partial charge < -0.3 is 9.47 Å². The molecular formula is C16H19F2NO3. The van der Waals surface area contributed by atoms with Crippen molar-refractivity contribution in [3.05, 3.63) is 29.6 Å². The van der Waals surface area contributed by atoms with Gasteiger partial charge >= 0.3 is 5.97 Å². The molecule has 0 N–H and O–H groups in total. The molecule has 4 nitrogen and oxygen atoms in total. The second kappa shape index (κ2) is 7.74. The van der Waals surface area contributed by atoms with Crippen molar-refractivity contribution in [3.63, 3.8) is 0 Å². The van der Waals surface area contributed by atoms with Gasteiger partial charge in [-0.1, -0.05) is 6.92 Å². The molecule has 1 aromatic rings. The molecule has 0 spiro atoms. The molecular weight excluding hydrogens is 292 g/mol. The summed E-state index contributed by atoms with van der Waals surface area (Å²) in [7, 11) is 1.38. The fourth-order valence-corrected chi connectivity index (χ4v) is 2.07. The molecule has 0 aromatic heterocycles. The molecule has 0 saturated carbocycles. The van der Waals surface area contributed by atoms with Crippen LogP contribution in [0.3, 0.4) is 0 Å². The third-order valence-electron chi connectivity index (χ3n) is 3.28. The lowest BCUT2D eigenvalue weighted by atomic mass is 9.80. The zero-order valence-corrected chi connectivity index (χ0v) is 12.9. The highest BCUT2D eigenvalue weighted by Crippen LogP contribution is 2.35. The van der Waals surface area contributed by atoms with Crippen molar-refractivity contribution >= 4 is 5.97 Å². The second-order valence-corrected chi connectivity index (χ2v) is 5.15. The van der Waals surface area contributed by atoms with Crippen LogP contribution in [0.25, 0.3) is 0 Å². The van der Waals surface area contributed by atoms with Gasteiger partial charge in [0.15, 0.2) is 0 Å². The summed E-state index contributed by atoms with van der Waals surface area (Å²) in [5.41, 5.74) is -1.16. The van der Waals surface area contributed by atoms with E-state index in [1.165, 1.54) is 26.2 Å². The Morgan fingerprint density at radius 2 is 2.18 bits per heavy atom. The first kappa shape index (κ1) is 17.9. The van der Waals surface area contributed by atoms with Crippen molar-refractivity contribution < 1.29 is 23.0 Å². The average molecular weight is 311 g/mol. The number of carbonyl (C=O) groups is 1. The standard InChI is InChI=1S/C16H19F2NO3/c1-4-5-14(18)22-15(20)9-16(2,10-19)12-8-11(17)6-7-13(12)21-3/h6-8,14H,4-5,9H2,1-3H3. The number of esters is 1. The number of ether oxygens (including phenoxy) is 2. The summed E-state index contributed by atoms with van der Waals surface area (Å²) >= 11 is 0. The molecule has 0 radical (unpaired) electrons. The number of nitriles is 1. The number of alkyl halides is 1. The van der Waals surface area contributed by atoms with E-state index in [2.05, 4.69) is 4.74 Å². The summed E-state index contributed by atoms with van der Waals surface area (Å²) in [5, 5.41) is 9.41. The Labute approximate surface area is 128 Å². The number of carbonyl (C=O) groups excluding carboxylic acids is 1. The lowest BCUT2D eigenvalue weighted by Crippen LogP contribution is -2.27. The van der Waals surface area contributed by atoms with Gasteiger partial charge in [-0.15, -0.1) is 0 Å². The average Bonchev–Trinajstić information content (AvgIpc) is 2.47. The van der Waals surface area contributed by atoms with E-state index in [1.807, 2.05) is 6.07 Å². The summed E-state index contributed by atoms with van der Waals surface area (Å²) in [6.45, 7) is 3.22. The molecule has 22 heavy (non-hydrogen) atoms. The monoisotopic (exact) mass is 311 g/mol. The van der Waals surface area contributed by atoms with Crippen molar-refractivity contribution in [2.24, 2.45) is 0 Å². The topological polar surface area (TPSA) is 59.3 Å². The first-order valence-corrected chi connectivity index (χ1v) is 6.95. The predicted octanol–water partition coefficient (Wildman–Crippen LogP) is 3.64. The first-order chi connectivity index (χ1) is 10.4. The molecule has 2 unspecified atom stereocenters. The zero-order chi connectivity index (χ0) is 16.8. The molecule has 1 aromatic carbocycles. The highest BCUT2D eigenvalue weighted by Gasteiger charge is 2.34. The fraction of sp³-hybridized carbons (Fsp3) is 0.500. The molecule has 120 valence electrons. The molecule has 0 amide bonds. The van der Waals surface area contributed by atoms with Crippen molar-refractivity contribution in [2.45, 2.75) is 44.9 Å². The van der Waals surface area contributed by atoms with Crippen LogP contribution in [0.4, 0.5) is 8.78 Å². The van der Waals surface area contributed by atoms with Gasteiger partial charge in [-0.3, -0.25) is 4.79 Å². The summed E-state index contributed by atoms with van der Waals surface area (Å²) in [5.74, 6) is -1.13. The SMILES string of the molecule is CCCC(F)OC(=O)CC(C)(C#N)c1cc(F)ccc1OC. The summed E-state index contributed by atoms with van der Waals surface area (Å²) in [6.07, 6.45) is -1.47. The number of rotatable bonds is 7. The van der Waals surface area contributed by atoms with Gasteiger partial charge in [0.05, 0.1) is 25.0 Å². The van der Waals surface area contributed by atoms with E-state index in [0.29, 0.717) is 6.42 Å². The molecule has 2 atom stereocenters. The Kier molecular flexibility index (Phi) is 6.29. The van der Waals surface area contributed by atoms with Crippen LogP contribution in [0.1, 0.15) is 38.7 Å². The van der Waals surface area contributed by atoms with E-state index in [-0.39, 0.29) is 17.7 Å². The minimum atomic E-state index is -1.70. The minimum Gasteiger partial charge on any atom is -0.496 e. The summed E-state index contributed by atoms with van der Waals surface area (Å²) in [4.78, 5) is 11.8. The van der Waals surface area contributed by atoms with Gasteiger partial charge in [-0.25, -0.2) is 8.78 Å². The van der Waals surface area contributed by atoms with Gasteiger partial charge in [0.25, 0.3) is 0 Å². The largest absolute Gasteiger partial charge is 0.496 e. The Morgan fingerprint density at radius 1 is 1.50 bits per heavy atom. The van der Waals surface area contributed by atoms with E-state index in [1.54, 1.807) is 6.92 Å². The van der Waals surface area contributed by atoms with Crippen LogP contribution < -0.4 is 4.74 Å². The van der Waals surface area contributed by atoms with E-state index in [0.717, 1.165) is 6.07 Å². The Bertz CT molecular complexity index is 571.